The fourth-order valence-corrected chi connectivity index (χ4v) is 1.91. The SMILES string of the molecule is CCOC(=O)C(CC)NCCc1ccccc1C. The molecule has 1 rings (SSSR count). The first-order valence-electron chi connectivity index (χ1n) is 6.63. The summed E-state index contributed by atoms with van der Waals surface area (Å²) in [4.78, 5) is 11.6. The maximum Gasteiger partial charge on any atom is 0.323 e. The number of hydrogen-bond acceptors (Lipinski definition) is 3. The molecule has 1 aromatic rings. The second-order valence-electron chi connectivity index (χ2n) is 4.34. The predicted octanol–water partition coefficient (Wildman–Crippen LogP) is 2.47. The Hall–Kier alpha value is -1.35. The second-order valence-corrected chi connectivity index (χ2v) is 4.34. The lowest BCUT2D eigenvalue weighted by molar-refractivity contribution is -0.145. The van der Waals surface area contributed by atoms with Gasteiger partial charge in [-0.2, -0.15) is 0 Å². The third-order valence-corrected chi connectivity index (χ3v) is 3.03. The normalized spacial score (nSPS) is 12.2. The van der Waals surface area contributed by atoms with E-state index in [1.807, 2.05) is 26.0 Å². The van der Waals surface area contributed by atoms with Crippen molar-refractivity contribution in [3.05, 3.63) is 35.4 Å². The molecule has 1 unspecified atom stereocenters. The summed E-state index contributed by atoms with van der Waals surface area (Å²) in [6.07, 6.45) is 1.69. The Morgan fingerprint density at radius 2 is 2.06 bits per heavy atom. The van der Waals surface area contributed by atoms with Crippen LogP contribution in [0.4, 0.5) is 0 Å². The highest BCUT2D eigenvalue weighted by atomic mass is 16.5. The Labute approximate surface area is 110 Å². The number of carbonyl (C=O) groups excluding carboxylic acids is 1. The van der Waals surface area contributed by atoms with Crippen LogP contribution in [-0.4, -0.2) is 25.2 Å². The number of esters is 1. The molecule has 0 spiro atoms. The molecule has 0 bridgehead atoms. The van der Waals surface area contributed by atoms with E-state index in [2.05, 4.69) is 24.4 Å². The smallest absolute Gasteiger partial charge is 0.323 e. The molecule has 0 saturated carbocycles. The van der Waals surface area contributed by atoms with Gasteiger partial charge in [-0.3, -0.25) is 4.79 Å². The standard InChI is InChI=1S/C15H23NO2/c1-4-14(15(17)18-5-2)16-11-10-13-9-7-6-8-12(13)3/h6-9,14,16H,4-5,10-11H2,1-3H3. The number of carbonyl (C=O) groups is 1. The maximum absolute atomic E-state index is 11.6. The summed E-state index contributed by atoms with van der Waals surface area (Å²) in [5.41, 5.74) is 2.62. The van der Waals surface area contributed by atoms with E-state index in [1.54, 1.807) is 0 Å². The first-order chi connectivity index (χ1) is 8.69. The van der Waals surface area contributed by atoms with Gasteiger partial charge in [0.2, 0.25) is 0 Å². The molecule has 0 aliphatic rings. The second kappa shape index (κ2) is 7.88. The van der Waals surface area contributed by atoms with Crippen LogP contribution in [0.5, 0.6) is 0 Å². The molecule has 0 aliphatic heterocycles. The predicted molar refractivity (Wildman–Crippen MR) is 73.6 cm³/mol. The van der Waals surface area contributed by atoms with Crippen molar-refractivity contribution in [3.63, 3.8) is 0 Å². The van der Waals surface area contributed by atoms with Crippen molar-refractivity contribution in [1.82, 2.24) is 5.32 Å². The van der Waals surface area contributed by atoms with Gasteiger partial charge in [0.15, 0.2) is 0 Å². The van der Waals surface area contributed by atoms with Crippen molar-refractivity contribution in [3.8, 4) is 0 Å². The topological polar surface area (TPSA) is 38.3 Å². The largest absolute Gasteiger partial charge is 0.465 e. The van der Waals surface area contributed by atoms with Gasteiger partial charge in [0, 0.05) is 0 Å². The lowest BCUT2D eigenvalue weighted by Gasteiger charge is -2.15. The highest BCUT2D eigenvalue weighted by Gasteiger charge is 2.16. The molecule has 1 atom stereocenters. The summed E-state index contributed by atoms with van der Waals surface area (Å²) in [5.74, 6) is -0.148. The fourth-order valence-electron chi connectivity index (χ4n) is 1.91. The van der Waals surface area contributed by atoms with Crippen LogP contribution in [0.1, 0.15) is 31.4 Å². The number of hydrogen-bond donors (Lipinski definition) is 1. The van der Waals surface area contributed by atoms with Crippen LogP contribution in [-0.2, 0) is 16.0 Å². The molecule has 0 aromatic heterocycles. The van der Waals surface area contributed by atoms with Gasteiger partial charge in [0.1, 0.15) is 6.04 Å². The zero-order valence-corrected chi connectivity index (χ0v) is 11.5. The van der Waals surface area contributed by atoms with Crippen LogP contribution in [0, 0.1) is 6.92 Å². The van der Waals surface area contributed by atoms with Crippen LogP contribution in [0.25, 0.3) is 0 Å². The summed E-state index contributed by atoms with van der Waals surface area (Å²) in [6.45, 7) is 7.16. The number of benzene rings is 1. The van der Waals surface area contributed by atoms with Crippen LogP contribution in [0.3, 0.4) is 0 Å². The molecule has 1 N–H and O–H groups in total. The van der Waals surface area contributed by atoms with E-state index >= 15 is 0 Å². The summed E-state index contributed by atoms with van der Waals surface area (Å²) in [6, 6.07) is 8.14. The van der Waals surface area contributed by atoms with E-state index in [0.717, 1.165) is 19.4 Å². The van der Waals surface area contributed by atoms with E-state index in [0.29, 0.717) is 6.61 Å². The molecule has 0 heterocycles. The molecule has 0 saturated heterocycles. The highest BCUT2D eigenvalue weighted by molar-refractivity contribution is 5.75. The molecule has 0 radical (unpaired) electrons. The van der Waals surface area contributed by atoms with Gasteiger partial charge in [-0.25, -0.2) is 0 Å². The molecular weight excluding hydrogens is 226 g/mol. The number of nitrogens with one attached hydrogen (secondary N) is 1. The molecule has 1 aromatic carbocycles. The number of aryl methyl sites for hydroxylation is 1. The van der Waals surface area contributed by atoms with Gasteiger partial charge in [0.25, 0.3) is 0 Å². The summed E-state index contributed by atoms with van der Waals surface area (Å²) in [7, 11) is 0. The van der Waals surface area contributed by atoms with Crippen LogP contribution >= 0.6 is 0 Å². The first-order valence-corrected chi connectivity index (χ1v) is 6.63. The van der Waals surface area contributed by atoms with E-state index in [4.69, 9.17) is 4.74 Å². The minimum atomic E-state index is -0.186. The van der Waals surface area contributed by atoms with Gasteiger partial charge in [-0.15, -0.1) is 0 Å². The Bertz CT molecular complexity index is 377. The van der Waals surface area contributed by atoms with E-state index in [9.17, 15) is 4.79 Å². The fraction of sp³-hybridized carbons (Fsp3) is 0.533. The molecule has 18 heavy (non-hydrogen) atoms. The lowest BCUT2D eigenvalue weighted by atomic mass is 10.1. The minimum absolute atomic E-state index is 0.148. The van der Waals surface area contributed by atoms with Crippen LogP contribution in [0.15, 0.2) is 24.3 Å². The minimum Gasteiger partial charge on any atom is -0.465 e. The Balaban J connectivity index is 2.40. The Kier molecular flexibility index (Phi) is 6.44. The van der Waals surface area contributed by atoms with Crippen LogP contribution in [0.2, 0.25) is 0 Å². The molecule has 0 aliphatic carbocycles. The molecule has 0 amide bonds. The van der Waals surface area contributed by atoms with Crippen molar-refractivity contribution in [2.45, 2.75) is 39.7 Å². The summed E-state index contributed by atoms with van der Waals surface area (Å²) >= 11 is 0. The van der Waals surface area contributed by atoms with Crippen molar-refractivity contribution >= 4 is 5.97 Å². The molecule has 3 nitrogen and oxygen atoms in total. The van der Waals surface area contributed by atoms with Gasteiger partial charge in [-0.1, -0.05) is 31.2 Å². The van der Waals surface area contributed by atoms with Crippen LogP contribution < -0.4 is 5.32 Å². The zero-order chi connectivity index (χ0) is 13.4. The lowest BCUT2D eigenvalue weighted by Crippen LogP contribution is -2.38. The third kappa shape index (κ3) is 4.49. The Morgan fingerprint density at radius 3 is 2.67 bits per heavy atom. The summed E-state index contributed by atoms with van der Waals surface area (Å²) < 4.78 is 5.02. The van der Waals surface area contributed by atoms with Gasteiger partial charge in [0.05, 0.1) is 6.61 Å². The molecule has 3 heteroatoms. The van der Waals surface area contributed by atoms with Crippen molar-refractivity contribution < 1.29 is 9.53 Å². The van der Waals surface area contributed by atoms with Crippen molar-refractivity contribution in [2.24, 2.45) is 0 Å². The molecule has 0 fully saturated rings. The van der Waals surface area contributed by atoms with Gasteiger partial charge < -0.3 is 10.1 Å². The quantitative estimate of drug-likeness (QED) is 0.754. The van der Waals surface area contributed by atoms with Gasteiger partial charge >= 0.3 is 5.97 Å². The van der Waals surface area contributed by atoms with Gasteiger partial charge in [-0.05, 0) is 44.4 Å². The number of ether oxygens (including phenoxy) is 1. The maximum atomic E-state index is 11.6. The molecular formula is C15H23NO2. The van der Waals surface area contributed by atoms with E-state index in [-0.39, 0.29) is 12.0 Å². The number of rotatable bonds is 7. The third-order valence-electron chi connectivity index (χ3n) is 3.03. The zero-order valence-electron chi connectivity index (χ0n) is 11.5. The average Bonchev–Trinajstić information content (AvgIpc) is 2.37. The highest BCUT2D eigenvalue weighted by Crippen LogP contribution is 2.07. The van der Waals surface area contributed by atoms with Crippen molar-refractivity contribution in [1.29, 1.82) is 0 Å². The average molecular weight is 249 g/mol. The van der Waals surface area contributed by atoms with E-state index in [1.165, 1.54) is 11.1 Å². The Morgan fingerprint density at radius 1 is 1.33 bits per heavy atom. The van der Waals surface area contributed by atoms with Crippen molar-refractivity contribution in [2.75, 3.05) is 13.2 Å². The van der Waals surface area contributed by atoms with E-state index < -0.39 is 0 Å². The summed E-state index contributed by atoms with van der Waals surface area (Å²) in [5, 5.41) is 3.26. The first kappa shape index (κ1) is 14.7. The monoisotopic (exact) mass is 249 g/mol. The molecule has 100 valence electrons.